The maximum absolute atomic E-state index is 12.5. The monoisotopic (exact) mass is 284 g/mol. The molecule has 0 atom stereocenters. The van der Waals surface area contributed by atoms with Crippen LogP contribution in [0.25, 0.3) is 0 Å². The lowest BCUT2D eigenvalue weighted by atomic mass is 10.0. The molecule has 1 heterocycles. The molecule has 2 rings (SSSR count). The molecule has 4 heteroatoms. The van der Waals surface area contributed by atoms with E-state index in [1.54, 1.807) is 17.1 Å². The minimum Gasteiger partial charge on any atom is -0.327 e. The average molecular weight is 284 g/mol. The topological polar surface area (TPSA) is 40.6 Å². The minimum atomic E-state index is -0.508. The fourth-order valence-corrected chi connectivity index (χ4v) is 2.55. The van der Waals surface area contributed by atoms with Crippen LogP contribution in [0.4, 0.5) is 5.69 Å². The van der Waals surface area contributed by atoms with Gasteiger partial charge in [-0.3, -0.25) is 9.59 Å². The molecule has 0 saturated carbocycles. The first-order valence-corrected chi connectivity index (χ1v) is 7.09. The number of carbonyl (C=O) groups is 2. The summed E-state index contributed by atoms with van der Waals surface area (Å²) in [6.45, 7) is 8.50. The summed E-state index contributed by atoms with van der Waals surface area (Å²) in [5.74, 6) is -0.989. The molecule has 0 saturated heterocycles. The molecular weight excluding hydrogens is 264 g/mol. The summed E-state index contributed by atoms with van der Waals surface area (Å²) in [4.78, 5) is 27.9. The van der Waals surface area contributed by atoms with Crippen LogP contribution >= 0.6 is 0 Å². The summed E-state index contributed by atoms with van der Waals surface area (Å²) in [5, 5.41) is 0. The number of carbonyl (C=O) groups excluding carboxylic acids is 2. The summed E-state index contributed by atoms with van der Waals surface area (Å²) in [6.07, 6.45) is 5.04. The number of hydrogen-bond donors (Lipinski definition) is 0. The van der Waals surface area contributed by atoms with E-state index in [9.17, 15) is 9.59 Å². The van der Waals surface area contributed by atoms with E-state index in [-0.39, 0.29) is 0 Å². The third-order valence-corrected chi connectivity index (χ3v) is 3.52. The summed E-state index contributed by atoms with van der Waals surface area (Å²) >= 11 is 0. The van der Waals surface area contributed by atoms with Crippen LogP contribution < -0.4 is 4.90 Å². The molecule has 1 aliphatic rings. The fourth-order valence-electron chi connectivity index (χ4n) is 2.55. The summed E-state index contributed by atoms with van der Waals surface area (Å²) < 4.78 is 0. The first kappa shape index (κ1) is 15.0. The Hall–Kier alpha value is -2.36. The van der Waals surface area contributed by atoms with E-state index in [1.807, 2.05) is 24.3 Å². The number of hydrogen-bond acceptors (Lipinski definition) is 2. The standard InChI is InChI=1S/C17H20N2O2/c1-3-11-18(12-4-2)16(20)17(21)19-13-7-9-14-8-5-6-10-15(14)19/h3-6,8,10H,1-2,7,9,11-13H2. The molecule has 4 nitrogen and oxygen atoms in total. The van der Waals surface area contributed by atoms with E-state index in [4.69, 9.17) is 0 Å². The van der Waals surface area contributed by atoms with Gasteiger partial charge in [0.1, 0.15) is 0 Å². The second-order valence-corrected chi connectivity index (χ2v) is 4.98. The third-order valence-electron chi connectivity index (χ3n) is 3.52. The Morgan fingerprint density at radius 1 is 1.19 bits per heavy atom. The Balaban J connectivity index is 2.22. The molecule has 110 valence electrons. The number of amides is 2. The quantitative estimate of drug-likeness (QED) is 0.628. The lowest BCUT2D eigenvalue weighted by Crippen LogP contribution is -2.47. The van der Waals surface area contributed by atoms with Crippen LogP contribution in [0.1, 0.15) is 12.0 Å². The predicted octanol–water partition coefficient (Wildman–Crippen LogP) is 2.17. The van der Waals surface area contributed by atoms with Crippen LogP contribution in [0.2, 0.25) is 0 Å². The fraction of sp³-hybridized carbons (Fsp3) is 0.294. The molecule has 2 amide bonds. The van der Waals surface area contributed by atoms with Gasteiger partial charge in [-0.2, -0.15) is 0 Å². The van der Waals surface area contributed by atoms with Crippen LogP contribution in [0.3, 0.4) is 0 Å². The van der Waals surface area contributed by atoms with E-state index in [0.717, 1.165) is 24.1 Å². The Bertz CT molecular complexity index is 556. The third kappa shape index (κ3) is 3.21. The van der Waals surface area contributed by atoms with Gasteiger partial charge in [0.15, 0.2) is 0 Å². The number of nitrogens with zero attached hydrogens (tertiary/aromatic N) is 2. The van der Waals surface area contributed by atoms with Crippen molar-refractivity contribution in [1.29, 1.82) is 0 Å². The number of rotatable bonds is 4. The van der Waals surface area contributed by atoms with Crippen molar-refractivity contribution in [3.05, 3.63) is 55.1 Å². The van der Waals surface area contributed by atoms with Crippen molar-refractivity contribution in [3.8, 4) is 0 Å². The summed E-state index contributed by atoms with van der Waals surface area (Å²) in [7, 11) is 0. The number of aryl methyl sites for hydroxylation is 1. The van der Waals surface area contributed by atoms with Gasteiger partial charge in [0, 0.05) is 25.3 Å². The van der Waals surface area contributed by atoms with E-state index in [2.05, 4.69) is 13.2 Å². The highest BCUT2D eigenvalue weighted by Gasteiger charge is 2.29. The molecule has 21 heavy (non-hydrogen) atoms. The molecule has 0 unspecified atom stereocenters. The van der Waals surface area contributed by atoms with Gasteiger partial charge in [0.05, 0.1) is 0 Å². The van der Waals surface area contributed by atoms with Crippen molar-refractivity contribution >= 4 is 17.5 Å². The molecule has 0 fully saturated rings. The van der Waals surface area contributed by atoms with Crippen molar-refractivity contribution in [2.45, 2.75) is 12.8 Å². The Morgan fingerprint density at radius 3 is 2.52 bits per heavy atom. The molecule has 1 aromatic carbocycles. The van der Waals surface area contributed by atoms with E-state index >= 15 is 0 Å². The SMILES string of the molecule is C=CCN(CC=C)C(=O)C(=O)N1CCCc2ccccc21. The zero-order valence-corrected chi connectivity index (χ0v) is 12.1. The van der Waals surface area contributed by atoms with Crippen LogP contribution in [0, 0.1) is 0 Å². The van der Waals surface area contributed by atoms with Gasteiger partial charge >= 0.3 is 11.8 Å². The highest BCUT2D eigenvalue weighted by atomic mass is 16.2. The predicted molar refractivity (Wildman–Crippen MR) is 84.1 cm³/mol. The van der Waals surface area contributed by atoms with Crippen molar-refractivity contribution in [1.82, 2.24) is 4.90 Å². The zero-order valence-electron chi connectivity index (χ0n) is 12.1. The number of anilines is 1. The van der Waals surface area contributed by atoms with Crippen molar-refractivity contribution < 1.29 is 9.59 Å². The normalized spacial score (nSPS) is 13.2. The van der Waals surface area contributed by atoms with E-state index in [1.165, 1.54) is 4.90 Å². The van der Waals surface area contributed by atoms with Crippen LogP contribution in [-0.2, 0) is 16.0 Å². The number of para-hydroxylation sites is 1. The van der Waals surface area contributed by atoms with Gasteiger partial charge in [0.25, 0.3) is 0 Å². The molecule has 0 aliphatic carbocycles. The van der Waals surface area contributed by atoms with Crippen molar-refractivity contribution in [2.75, 3.05) is 24.5 Å². The van der Waals surface area contributed by atoms with Gasteiger partial charge in [-0.25, -0.2) is 0 Å². The second kappa shape index (κ2) is 6.88. The molecule has 1 aliphatic heterocycles. The van der Waals surface area contributed by atoms with E-state index < -0.39 is 11.8 Å². The summed E-state index contributed by atoms with van der Waals surface area (Å²) in [6, 6.07) is 7.74. The van der Waals surface area contributed by atoms with Gasteiger partial charge in [-0.15, -0.1) is 13.2 Å². The smallest absolute Gasteiger partial charge is 0.316 e. The molecule has 0 N–H and O–H groups in total. The summed E-state index contributed by atoms with van der Waals surface area (Å²) in [5.41, 5.74) is 1.96. The lowest BCUT2D eigenvalue weighted by molar-refractivity contribution is -0.143. The largest absolute Gasteiger partial charge is 0.327 e. The Labute approximate surface area is 125 Å². The molecular formula is C17H20N2O2. The van der Waals surface area contributed by atoms with Crippen LogP contribution in [-0.4, -0.2) is 36.3 Å². The first-order chi connectivity index (χ1) is 10.2. The average Bonchev–Trinajstić information content (AvgIpc) is 2.52. The first-order valence-electron chi connectivity index (χ1n) is 7.09. The van der Waals surface area contributed by atoms with Gasteiger partial charge in [-0.1, -0.05) is 30.4 Å². The Kier molecular flexibility index (Phi) is 4.93. The number of benzene rings is 1. The van der Waals surface area contributed by atoms with Gasteiger partial charge < -0.3 is 9.80 Å². The Morgan fingerprint density at radius 2 is 1.86 bits per heavy atom. The zero-order chi connectivity index (χ0) is 15.2. The molecule has 0 spiro atoms. The minimum absolute atomic E-state index is 0.339. The van der Waals surface area contributed by atoms with Gasteiger partial charge in [-0.05, 0) is 24.5 Å². The van der Waals surface area contributed by atoms with Crippen molar-refractivity contribution in [3.63, 3.8) is 0 Å². The maximum Gasteiger partial charge on any atom is 0.316 e. The van der Waals surface area contributed by atoms with Crippen LogP contribution in [0.5, 0.6) is 0 Å². The molecule has 0 bridgehead atoms. The van der Waals surface area contributed by atoms with E-state index in [0.29, 0.717) is 19.6 Å². The maximum atomic E-state index is 12.5. The van der Waals surface area contributed by atoms with Crippen molar-refractivity contribution in [2.24, 2.45) is 0 Å². The molecule has 1 aromatic rings. The highest BCUT2D eigenvalue weighted by molar-refractivity contribution is 6.40. The second-order valence-electron chi connectivity index (χ2n) is 4.98. The lowest BCUT2D eigenvalue weighted by Gasteiger charge is -2.30. The molecule has 0 aromatic heterocycles. The number of fused-ring (bicyclic) bond motifs is 1. The molecule has 0 radical (unpaired) electrons. The highest BCUT2D eigenvalue weighted by Crippen LogP contribution is 2.26. The van der Waals surface area contributed by atoms with Gasteiger partial charge in [0.2, 0.25) is 0 Å². The van der Waals surface area contributed by atoms with Crippen LogP contribution in [0.15, 0.2) is 49.6 Å².